The molecule has 102 valence electrons. The summed E-state index contributed by atoms with van der Waals surface area (Å²) in [5.41, 5.74) is 1.46. The number of rotatable bonds is 2. The Morgan fingerprint density at radius 3 is 2.90 bits per heavy atom. The highest BCUT2D eigenvalue weighted by atomic mass is 16.5. The van der Waals surface area contributed by atoms with Crippen LogP contribution in [0.5, 0.6) is 0 Å². The number of fused-ring (bicyclic) bond motifs is 1. The van der Waals surface area contributed by atoms with Crippen LogP contribution in [0, 0.1) is 11.8 Å². The van der Waals surface area contributed by atoms with Gasteiger partial charge in [0.05, 0.1) is 24.8 Å². The van der Waals surface area contributed by atoms with Crippen LogP contribution in [0.4, 0.5) is 0 Å². The zero-order valence-electron chi connectivity index (χ0n) is 11.0. The molecular weight excluding hydrogens is 260 g/mol. The molecule has 0 aliphatic carbocycles. The van der Waals surface area contributed by atoms with Gasteiger partial charge in [-0.05, 0) is 31.0 Å². The van der Waals surface area contributed by atoms with Gasteiger partial charge in [0.25, 0.3) is 0 Å². The Morgan fingerprint density at radius 1 is 1.40 bits per heavy atom. The lowest BCUT2D eigenvalue weighted by Crippen LogP contribution is -2.00. The molecule has 0 radical (unpaired) electrons. The lowest BCUT2D eigenvalue weighted by Gasteiger charge is -1.97. The maximum Gasteiger partial charge on any atom is 0.384 e. The van der Waals surface area contributed by atoms with E-state index in [-0.39, 0.29) is 6.61 Å². The number of carbonyl (C=O) groups is 2. The molecule has 0 bridgehead atoms. The molecule has 0 saturated carbocycles. The third kappa shape index (κ3) is 2.78. The Bertz CT molecular complexity index is 722. The van der Waals surface area contributed by atoms with Crippen LogP contribution in [0.15, 0.2) is 18.2 Å². The van der Waals surface area contributed by atoms with Gasteiger partial charge in [-0.3, -0.25) is 5.10 Å². The smallest absolute Gasteiger partial charge is 0.384 e. The van der Waals surface area contributed by atoms with Gasteiger partial charge in [0.2, 0.25) is 0 Å². The van der Waals surface area contributed by atoms with Crippen LogP contribution in [0.3, 0.4) is 0 Å². The van der Waals surface area contributed by atoms with Crippen molar-refractivity contribution in [2.75, 3.05) is 13.7 Å². The van der Waals surface area contributed by atoms with E-state index in [2.05, 4.69) is 26.8 Å². The number of nitrogens with zero attached hydrogens (tertiary/aromatic N) is 1. The first-order chi connectivity index (χ1) is 9.65. The molecule has 1 heterocycles. The molecule has 6 nitrogen and oxygen atoms in total. The minimum Gasteiger partial charge on any atom is -0.465 e. The first-order valence-corrected chi connectivity index (χ1v) is 5.91. The molecule has 0 amide bonds. The Morgan fingerprint density at radius 2 is 2.20 bits per heavy atom. The summed E-state index contributed by atoms with van der Waals surface area (Å²) in [6.07, 6.45) is 0. The van der Waals surface area contributed by atoms with Gasteiger partial charge in [0, 0.05) is 11.3 Å². The average Bonchev–Trinajstić information content (AvgIpc) is 2.86. The van der Waals surface area contributed by atoms with E-state index in [0.29, 0.717) is 16.8 Å². The minimum atomic E-state index is -0.596. The Kier molecular flexibility index (Phi) is 4.01. The topological polar surface area (TPSA) is 81.3 Å². The number of hydrogen-bond donors (Lipinski definition) is 1. The molecule has 0 saturated heterocycles. The van der Waals surface area contributed by atoms with Crippen LogP contribution in [0.1, 0.15) is 23.0 Å². The van der Waals surface area contributed by atoms with E-state index < -0.39 is 11.9 Å². The molecule has 1 aromatic carbocycles. The van der Waals surface area contributed by atoms with Crippen LogP contribution in [0.25, 0.3) is 10.9 Å². The minimum absolute atomic E-state index is 0.278. The number of aromatic nitrogens is 2. The van der Waals surface area contributed by atoms with Gasteiger partial charge in [-0.1, -0.05) is 0 Å². The fraction of sp³-hybridized carbons (Fsp3) is 0.214. The zero-order valence-corrected chi connectivity index (χ0v) is 11.0. The number of aromatic amines is 1. The van der Waals surface area contributed by atoms with Gasteiger partial charge < -0.3 is 9.47 Å². The number of esters is 2. The Hall–Kier alpha value is -2.81. The van der Waals surface area contributed by atoms with Crippen LogP contribution in [0.2, 0.25) is 0 Å². The van der Waals surface area contributed by atoms with Crippen molar-refractivity contribution in [2.24, 2.45) is 0 Å². The number of ether oxygens (including phenoxy) is 2. The quantitative estimate of drug-likeness (QED) is 0.657. The third-order valence-corrected chi connectivity index (χ3v) is 2.54. The standard InChI is InChI=1S/C14H12N2O4/c1-3-20-13(17)7-6-11-10-5-4-9(14(18)19-2)8-12(10)16-15-11/h4-5,8H,3H2,1-2H3,(H,15,16). The van der Waals surface area contributed by atoms with E-state index in [0.717, 1.165) is 5.39 Å². The molecular formula is C14H12N2O4. The molecule has 0 spiro atoms. The van der Waals surface area contributed by atoms with Crippen molar-refractivity contribution in [3.05, 3.63) is 29.5 Å². The van der Waals surface area contributed by atoms with Gasteiger partial charge in [-0.15, -0.1) is 0 Å². The average molecular weight is 272 g/mol. The van der Waals surface area contributed by atoms with E-state index >= 15 is 0 Å². The molecule has 1 aromatic heterocycles. The van der Waals surface area contributed by atoms with E-state index in [1.807, 2.05) is 0 Å². The molecule has 0 aliphatic rings. The van der Waals surface area contributed by atoms with E-state index in [1.165, 1.54) is 7.11 Å². The Labute approximate surface area is 115 Å². The van der Waals surface area contributed by atoms with E-state index in [1.54, 1.807) is 25.1 Å². The van der Waals surface area contributed by atoms with E-state index in [4.69, 9.17) is 4.74 Å². The van der Waals surface area contributed by atoms with Gasteiger partial charge >= 0.3 is 11.9 Å². The zero-order chi connectivity index (χ0) is 14.5. The second-order valence-corrected chi connectivity index (χ2v) is 3.79. The molecule has 6 heteroatoms. The van der Waals surface area contributed by atoms with Crippen LogP contribution < -0.4 is 0 Å². The van der Waals surface area contributed by atoms with Crippen molar-refractivity contribution in [1.82, 2.24) is 10.2 Å². The summed E-state index contributed by atoms with van der Waals surface area (Å²) in [7, 11) is 1.31. The summed E-state index contributed by atoms with van der Waals surface area (Å²) in [5, 5.41) is 7.46. The van der Waals surface area contributed by atoms with Gasteiger partial charge in [0.1, 0.15) is 5.69 Å². The number of nitrogens with one attached hydrogen (secondary N) is 1. The molecule has 0 aliphatic heterocycles. The fourth-order valence-electron chi connectivity index (χ4n) is 1.63. The van der Waals surface area contributed by atoms with Gasteiger partial charge in [0.15, 0.2) is 0 Å². The number of H-pyrrole nitrogens is 1. The highest BCUT2D eigenvalue weighted by Crippen LogP contribution is 2.17. The van der Waals surface area contributed by atoms with Crippen LogP contribution in [-0.4, -0.2) is 35.9 Å². The number of benzene rings is 1. The summed E-state index contributed by atoms with van der Waals surface area (Å²) >= 11 is 0. The summed E-state index contributed by atoms with van der Waals surface area (Å²) in [6, 6.07) is 4.90. The highest BCUT2D eigenvalue weighted by Gasteiger charge is 2.09. The lowest BCUT2D eigenvalue weighted by atomic mass is 10.1. The monoisotopic (exact) mass is 272 g/mol. The number of carbonyl (C=O) groups excluding carboxylic acids is 2. The molecule has 1 N–H and O–H groups in total. The van der Waals surface area contributed by atoms with Crippen molar-refractivity contribution in [2.45, 2.75) is 6.92 Å². The molecule has 2 rings (SSSR count). The SMILES string of the molecule is CCOC(=O)C#Cc1[nH]nc2cc(C(=O)OC)ccc12. The van der Waals surface area contributed by atoms with Crippen molar-refractivity contribution in [1.29, 1.82) is 0 Å². The van der Waals surface area contributed by atoms with Crippen molar-refractivity contribution in [3.63, 3.8) is 0 Å². The van der Waals surface area contributed by atoms with Crippen molar-refractivity contribution >= 4 is 22.8 Å². The second kappa shape index (κ2) is 5.89. The van der Waals surface area contributed by atoms with Crippen LogP contribution in [-0.2, 0) is 14.3 Å². The van der Waals surface area contributed by atoms with E-state index in [9.17, 15) is 9.59 Å². The Balaban J connectivity index is 2.33. The van der Waals surface area contributed by atoms with Crippen molar-refractivity contribution in [3.8, 4) is 11.8 Å². The fourth-order valence-corrected chi connectivity index (χ4v) is 1.63. The first-order valence-electron chi connectivity index (χ1n) is 5.91. The largest absolute Gasteiger partial charge is 0.465 e. The normalized spacial score (nSPS) is 9.70. The maximum absolute atomic E-state index is 11.4. The third-order valence-electron chi connectivity index (χ3n) is 2.54. The number of hydrogen-bond acceptors (Lipinski definition) is 5. The van der Waals surface area contributed by atoms with Gasteiger partial charge in [-0.2, -0.15) is 5.10 Å². The highest BCUT2D eigenvalue weighted by molar-refractivity contribution is 5.96. The van der Waals surface area contributed by atoms with Gasteiger partial charge in [-0.25, -0.2) is 9.59 Å². The summed E-state index contributed by atoms with van der Waals surface area (Å²) < 4.78 is 9.34. The van der Waals surface area contributed by atoms with Crippen molar-refractivity contribution < 1.29 is 19.1 Å². The first kappa shape index (κ1) is 13.6. The predicted molar refractivity (Wildman–Crippen MR) is 70.9 cm³/mol. The molecule has 20 heavy (non-hydrogen) atoms. The maximum atomic E-state index is 11.4. The summed E-state index contributed by atoms with van der Waals surface area (Å²) in [4.78, 5) is 22.6. The van der Waals surface area contributed by atoms with Crippen LogP contribution >= 0.6 is 0 Å². The summed E-state index contributed by atoms with van der Waals surface area (Å²) in [5.74, 6) is 3.98. The molecule has 0 fully saturated rings. The predicted octanol–water partition coefficient (Wildman–Crippen LogP) is 1.26. The second-order valence-electron chi connectivity index (χ2n) is 3.79. The number of methoxy groups -OCH3 is 1. The molecule has 2 aromatic rings. The molecule has 0 atom stereocenters. The summed E-state index contributed by atoms with van der Waals surface area (Å²) in [6.45, 7) is 1.99. The molecule has 0 unspecified atom stereocenters. The lowest BCUT2D eigenvalue weighted by molar-refractivity contribution is -0.136.